The van der Waals surface area contributed by atoms with E-state index in [4.69, 9.17) is 4.74 Å². The Hall–Kier alpha value is -3.71. The van der Waals surface area contributed by atoms with E-state index in [1.807, 2.05) is 6.07 Å². The zero-order valence-corrected chi connectivity index (χ0v) is 20.9. The summed E-state index contributed by atoms with van der Waals surface area (Å²) in [6.07, 6.45) is 4.97. The van der Waals surface area contributed by atoms with Crippen molar-refractivity contribution in [2.45, 2.75) is 39.1 Å². The summed E-state index contributed by atoms with van der Waals surface area (Å²) in [5.74, 6) is 0.559. The van der Waals surface area contributed by atoms with Crippen LogP contribution in [0.1, 0.15) is 41.9 Å². The van der Waals surface area contributed by atoms with E-state index >= 15 is 0 Å². The summed E-state index contributed by atoms with van der Waals surface area (Å²) in [6.45, 7) is 5.74. The maximum atomic E-state index is 13.0. The number of halogens is 1. The Labute approximate surface area is 210 Å². The number of carbonyl (C=O) groups excluding carboxylic acids is 1. The third-order valence-corrected chi connectivity index (χ3v) is 6.84. The second kappa shape index (κ2) is 10.1. The minimum Gasteiger partial charge on any atom is -0.461 e. The van der Waals surface area contributed by atoms with E-state index in [0.717, 1.165) is 29.4 Å². The van der Waals surface area contributed by atoms with Crippen LogP contribution in [0.2, 0.25) is 0 Å². The third-order valence-electron chi connectivity index (χ3n) is 6.84. The first-order chi connectivity index (χ1) is 17.4. The van der Waals surface area contributed by atoms with Crippen molar-refractivity contribution in [3.8, 4) is 16.9 Å². The Balaban J connectivity index is 1.34. The van der Waals surface area contributed by atoms with Gasteiger partial charge in [-0.3, -0.25) is 4.79 Å². The molecule has 0 bridgehead atoms. The first kappa shape index (κ1) is 24.0. The molecule has 3 heterocycles. The van der Waals surface area contributed by atoms with Gasteiger partial charge < -0.3 is 19.5 Å². The van der Waals surface area contributed by atoms with Gasteiger partial charge >= 0.3 is 0 Å². The van der Waals surface area contributed by atoms with Crippen LogP contribution in [0.25, 0.3) is 21.9 Å². The summed E-state index contributed by atoms with van der Waals surface area (Å²) in [5, 5.41) is 4.86. The molecule has 1 unspecified atom stereocenters. The van der Waals surface area contributed by atoms with Gasteiger partial charge in [-0.05, 0) is 98.9 Å². The molecule has 7 heteroatoms. The molecule has 1 amide bonds. The van der Waals surface area contributed by atoms with Crippen LogP contribution in [-0.2, 0) is 0 Å². The van der Waals surface area contributed by atoms with Crippen LogP contribution < -0.4 is 10.1 Å². The molecule has 0 aliphatic carbocycles. The molecule has 1 aliphatic heterocycles. The van der Waals surface area contributed by atoms with E-state index < -0.39 is 6.36 Å². The Morgan fingerprint density at radius 3 is 2.53 bits per heavy atom. The van der Waals surface area contributed by atoms with E-state index in [0.29, 0.717) is 23.2 Å². The summed E-state index contributed by atoms with van der Waals surface area (Å²) >= 11 is 0. The van der Waals surface area contributed by atoms with Crippen molar-refractivity contribution >= 4 is 22.5 Å². The van der Waals surface area contributed by atoms with Crippen molar-refractivity contribution in [1.82, 2.24) is 14.5 Å². The second-order valence-electron chi connectivity index (χ2n) is 9.58. The number of pyridine rings is 1. The van der Waals surface area contributed by atoms with Gasteiger partial charge in [-0.2, -0.15) is 0 Å². The van der Waals surface area contributed by atoms with E-state index in [1.165, 1.54) is 31.0 Å². The van der Waals surface area contributed by atoms with E-state index in [9.17, 15) is 9.18 Å². The number of likely N-dealkylation sites (tertiary alicyclic amines) is 1. The maximum absolute atomic E-state index is 13.0. The number of carbonyl (C=O) groups is 1. The number of nitrogens with zero attached hydrogens (tertiary/aromatic N) is 3. The number of benzene rings is 2. The summed E-state index contributed by atoms with van der Waals surface area (Å²) in [7, 11) is 2.19. The van der Waals surface area contributed by atoms with Gasteiger partial charge in [0.1, 0.15) is 11.6 Å². The number of aromatic nitrogens is 2. The summed E-state index contributed by atoms with van der Waals surface area (Å²) in [6, 6.07) is 17.4. The average molecular weight is 487 g/mol. The smallest absolute Gasteiger partial charge is 0.256 e. The zero-order valence-electron chi connectivity index (χ0n) is 20.9. The molecule has 0 radical (unpaired) electrons. The highest BCUT2D eigenvalue weighted by Gasteiger charge is 2.20. The lowest BCUT2D eigenvalue weighted by molar-refractivity contribution is 0.0860. The lowest BCUT2D eigenvalue weighted by Crippen LogP contribution is -2.31. The largest absolute Gasteiger partial charge is 0.461 e. The SMILES string of the molecule is Cc1cc(-c2ccc3cnc(NC(=O)c4ccc(OC(C)F)cc4)cc3c2)cn1C1CCN(C)CC1. The van der Waals surface area contributed by atoms with Crippen LogP contribution in [0.4, 0.5) is 10.2 Å². The van der Waals surface area contributed by atoms with E-state index in [2.05, 4.69) is 64.2 Å². The van der Waals surface area contributed by atoms with Gasteiger partial charge in [0, 0.05) is 42.0 Å². The van der Waals surface area contributed by atoms with Crippen LogP contribution in [0.5, 0.6) is 5.75 Å². The molecule has 1 N–H and O–H groups in total. The Morgan fingerprint density at radius 2 is 1.81 bits per heavy atom. The van der Waals surface area contributed by atoms with Crippen molar-refractivity contribution in [1.29, 1.82) is 0 Å². The van der Waals surface area contributed by atoms with E-state index in [-0.39, 0.29) is 5.91 Å². The number of piperidine rings is 1. The first-order valence-corrected chi connectivity index (χ1v) is 12.3. The molecule has 5 rings (SSSR count). The highest BCUT2D eigenvalue weighted by atomic mass is 19.1. The quantitative estimate of drug-likeness (QED) is 0.351. The number of ether oxygens (including phenoxy) is 1. The fourth-order valence-corrected chi connectivity index (χ4v) is 4.86. The molecule has 2 aromatic heterocycles. The van der Waals surface area contributed by atoms with Crippen LogP contribution in [-0.4, -0.2) is 46.9 Å². The topological polar surface area (TPSA) is 59.4 Å². The monoisotopic (exact) mass is 486 g/mol. The molecule has 1 fully saturated rings. The van der Waals surface area contributed by atoms with Crippen molar-refractivity contribution in [3.05, 3.63) is 78.2 Å². The molecular weight excluding hydrogens is 455 g/mol. The van der Waals surface area contributed by atoms with Gasteiger partial charge in [-0.15, -0.1) is 0 Å². The Bertz CT molecular complexity index is 1370. The van der Waals surface area contributed by atoms with Crippen LogP contribution >= 0.6 is 0 Å². The van der Waals surface area contributed by atoms with Gasteiger partial charge in [0.15, 0.2) is 0 Å². The lowest BCUT2D eigenvalue weighted by atomic mass is 10.0. The molecule has 4 aromatic rings. The van der Waals surface area contributed by atoms with Crippen molar-refractivity contribution in [2.24, 2.45) is 0 Å². The predicted molar refractivity (Wildman–Crippen MR) is 141 cm³/mol. The van der Waals surface area contributed by atoms with Gasteiger partial charge in [0.05, 0.1) is 0 Å². The fraction of sp³-hybridized carbons (Fsp3) is 0.310. The van der Waals surface area contributed by atoms with E-state index in [1.54, 1.807) is 30.5 Å². The minimum absolute atomic E-state index is 0.288. The van der Waals surface area contributed by atoms with Gasteiger partial charge in [0.2, 0.25) is 6.36 Å². The van der Waals surface area contributed by atoms with Gasteiger partial charge in [0.25, 0.3) is 5.91 Å². The van der Waals surface area contributed by atoms with Gasteiger partial charge in [-0.1, -0.05) is 12.1 Å². The molecule has 1 saturated heterocycles. The third kappa shape index (κ3) is 5.26. The Morgan fingerprint density at radius 1 is 1.06 bits per heavy atom. The van der Waals surface area contributed by atoms with Crippen LogP contribution in [0, 0.1) is 6.92 Å². The number of nitrogens with one attached hydrogen (secondary N) is 1. The number of amides is 1. The number of fused-ring (bicyclic) bond motifs is 1. The minimum atomic E-state index is -1.41. The number of hydrogen-bond acceptors (Lipinski definition) is 4. The number of anilines is 1. The van der Waals surface area contributed by atoms with Crippen LogP contribution in [0.3, 0.4) is 0 Å². The average Bonchev–Trinajstić information content (AvgIpc) is 3.25. The summed E-state index contributed by atoms with van der Waals surface area (Å²) in [4.78, 5) is 19.5. The molecule has 0 spiro atoms. The molecule has 186 valence electrons. The molecule has 0 saturated carbocycles. The molecule has 36 heavy (non-hydrogen) atoms. The summed E-state index contributed by atoms with van der Waals surface area (Å²) in [5.41, 5.74) is 4.05. The number of aryl methyl sites for hydroxylation is 1. The lowest BCUT2D eigenvalue weighted by Gasteiger charge is -2.30. The maximum Gasteiger partial charge on any atom is 0.256 e. The highest BCUT2D eigenvalue weighted by molar-refractivity contribution is 6.04. The fourth-order valence-electron chi connectivity index (χ4n) is 4.86. The predicted octanol–water partition coefficient (Wildman–Crippen LogP) is 6.23. The van der Waals surface area contributed by atoms with Gasteiger partial charge in [-0.25, -0.2) is 9.37 Å². The number of hydrogen-bond donors (Lipinski definition) is 1. The van der Waals surface area contributed by atoms with Crippen molar-refractivity contribution in [3.63, 3.8) is 0 Å². The summed E-state index contributed by atoms with van der Waals surface area (Å²) < 4.78 is 20.4. The highest BCUT2D eigenvalue weighted by Crippen LogP contribution is 2.31. The normalized spacial score (nSPS) is 15.7. The Kier molecular flexibility index (Phi) is 6.74. The van der Waals surface area contributed by atoms with Crippen molar-refractivity contribution < 1.29 is 13.9 Å². The standard InChI is InChI=1S/C29H31FN4O2/c1-19-14-25(18-34(19)26-10-12-33(3)13-11-26)22-4-5-23-17-31-28(16-24(23)15-22)32-29(35)21-6-8-27(9-7-21)36-20(2)30/h4-9,14-18,20,26H,10-13H2,1-3H3,(H,31,32,35). The first-order valence-electron chi connectivity index (χ1n) is 12.3. The molecule has 1 aliphatic rings. The molecular formula is C29H31FN4O2. The number of alkyl halides is 1. The molecule has 6 nitrogen and oxygen atoms in total. The number of rotatable bonds is 6. The second-order valence-corrected chi connectivity index (χ2v) is 9.58. The van der Waals surface area contributed by atoms with Crippen molar-refractivity contribution in [2.75, 3.05) is 25.5 Å². The molecule has 2 aromatic carbocycles. The molecule has 1 atom stereocenters. The van der Waals surface area contributed by atoms with Crippen LogP contribution in [0.15, 0.2) is 67.0 Å². The zero-order chi connectivity index (χ0) is 25.2.